The first-order valence-electron chi connectivity index (χ1n) is 5.52. The number of tetrazole rings is 1. The predicted molar refractivity (Wildman–Crippen MR) is 61.9 cm³/mol. The van der Waals surface area contributed by atoms with E-state index in [0.29, 0.717) is 13.1 Å². The van der Waals surface area contributed by atoms with E-state index in [4.69, 9.17) is 0 Å². The molecule has 2 N–H and O–H groups in total. The van der Waals surface area contributed by atoms with Crippen LogP contribution in [0.1, 0.15) is 17.5 Å². The molecule has 6 nitrogen and oxygen atoms in total. The lowest BCUT2D eigenvalue weighted by Gasteiger charge is -2.08. The number of halogens is 1. The highest BCUT2D eigenvalue weighted by Crippen LogP contribution is 2.05. The number of aliphatic hydroxyl groups is 1. The van der Waals surface area contributed by atoms with E-state index in [-0.39, 0.29) is 11.6 Å². The zero-order valence-corrected chi connectivity index (χ0v) is 9.91. The van der Waals surface area contributed by atoms with Gasteiger partial charge in [-0.3, -0.25) is 0 Å². The fourth-order valence-electron chi connectivity index (χ4n) is 1.48. The number of rotatable bonds is 5. The second-order valence-corrected chi connectivity index (χ2v) is 3.91. The van der Waals surface area contributed by atoms with E-state index in [1.54, 1.807) is 19.2 Å². The minimum atomic E-state index is -0.806. The number of aryl methyl sites for hydroxylation is 1. The summed E-state index contributed by atoms with van der Waals surface area (Å²) in [5, 5.41) is 24.1. The van der Waals surface area contributed by atoms with Crippen LogP contribution in [0, 0.1) is 5.82 Å². The molecule has 0 bridgehead atoms. The van der Waals surface area contributed by atoms with Crippen molar-refractivity contribution in [3.8, 4) is 0 Å². The summed E-state index contributed by atoms with van der Waals surface area (Å²) >= 11 is 0. The van der Waals surface area contributed by atoms with Crippen molar-refractivity contribution in [2.24, 2.45) is 7.05 Å². The number of nitrogens with one attached hydrogen (secondary N) is 1. The van der Waals surface area contributed by atoms with Crippen LogP contribution in [0.3, 0.4) is 0 Å². The van der Waals surface area contributed by atoms with Gasteiger partial charge in [-0.25, -0.2) is 4.39 Å². The molecule has 0 saturated carbocycles. The molecule has 0 amide bonds. The van der Waals surface area contributed by atoms with Crippen LogP contribution in [-0.4, -0.2) is 31.9 Å². The van der Waals surface area contributed by atoms with E-state index >= 15 is 0 Å². The van der Waals surface area contributed by atoms with Gasteiger partial charge in [0.25, 0.3) is 0 Å². The summed E-state index contributed by atoms with van der Waals surface area (Å²) in [4.78, 5) is 1.29. The lowest BCUT2D eigenvalue weighted by atomic mass is 10.2. The van der Waals surface area contributed by atoms with Crippen LogP contribution in [0.5, 0.6) is 0 Å². The number of benzene rings is 1. The molecule has 1 atom stereocenters. The fourth-order valence-corrected chi connectivity index (χ4v) is 1.48. The van der Waals surface area contributed by atoms with Crippen LogP contribution in [0.15, 0.2) is 24.3 Å². The average molecular weight is 251 g/mol. The molecule has 18 heavy (non-hydrogen) atoms. The molecule has 0 fully saturated rings. The highest BCUT2D eigenvalue weighted by atomic mass is 19.1. The van der Waals surface area contributed by atoms with Gasteiger partial charge >= 0.3 is 0 Å². The molecule has 0 aliphatic rings. The van der Waals surface area contributed by atoms with Gasteiger partial charge in [-0.15, -0.1) is 10.2 Å². The van der Waals surface area contributed by atoms with Gasteiger partial charge in [-0.2, -0.15) is 4.80 Å². The molecular weight excluding hydrogens is 237 g/mol. The largest absolute Gasteiger partial charge is 0.384 e. The molecule has 96 valence electrons. The number of aromatic nitrogens is 4. The van der Waals surface area contributed by atoms with Crippen LogP contribution >= 0.6 is 0 Å². The third kappa shape index (κ3) is 3.31. The molecule has 1 heterocycles. The van der Waals surface area contributed by atoms with Gasteiger partial charge in [-0.05, 0) is 22.9 Å². The Bertz CT molecular complexity index is 498. The van der Waals surface area contributed by atoms with Gasteiger partial charge in [-0.1, -0.05) is 12.1 Å². The van der Waals surface area contributed by atoms with Gasteiger partial charge in [0.2, 0.25) is 5.82 Å². The second-order valence-electron chi connectivity index (χ2n) is 3.91. The molecule has 0 aliphatic heterocycles. The van der Waals surface area contributed by atoms with Crippen molar-refractivity contribution in [1.82, 2.24) is 25.5 Å². The molecule has 1 aromatic carbocycles. The Morgan fingerprint density at radius 1 is 1.39 bits per heavy atom. The lowest BCUT2D eigenvalue weighted by Crippen LogP contribution is -2.22. The lowest BCUT2D eigenvalue weighted by molar-refractivity contribution is 0.164. The van der Waals surface area contributed by atoms with Crippen LogP contribution in [0.4, 0.5) is 4.39 Å². The van der Waals surface area contributed by atoms with Crippen molar-refractivity contribution in [2.45, 2.75) is 12.6 Å². The maximum Gasteiger partial charge on any atom is 0.204 e. The summed E-state index contributed by atoms with van der Waals surface area (Å²) in [6.45, 7) is 0.848. The number of hydrogen-bond acceptors (Lipinski definition) is 5. The Hall–Kier alpha value is -1.86. The summed E-state index contributed by atoms with van der Waals surface area (Å²) in [5.74, 6) is 0.0200. The Balaban J connectivity index is 1.80. The summed E-state index contributed by atoms with van der Waals surface area (Å²) in [6.07, 6.45) is -0.806. The summed E-state index contributed by atoms with van der Waals surface area (Å²) in [7, 11) is 1.63. The van der Waals surface area contributed by atoms with Crippen LogP contribution in [0.2, 0.25) is 0 Å². The Morgan fingerprint density at radius 3 is 2.72 bits per heavy atom. The van der Waals surface area contributed by atoms with E-state index in [9.17, 15) is 9.50 Å². The smallest absolute Gasteiger partial charge is 0.204 e. The topological polar surface area (TPSA) is 75.9 Å². The molecule has 2 aromatic rings. The number of nitrogens with zero attached hydrogens (tertiary/aromatic N) is 4. The molecule has 0 saturated heterocycles. The molecule has 7 heteroatoms. The quantitative estimate of drug-likeness (QED) is 0.792. The first-order valence-corrected chi connectivity index (χ1v) is 5.52. The second kappa shape index (κ2) is 5.65. The van der Waals surface area contributed by atoms with Crippen LogP contribution in [0.25, 0.3) is 0 Å². The zero-order valence-electron chi connectivity index (χ0n) is 9.91. The molecule has 1 aromatic heterocycles. The van der Waals surface area contributed by atoms with Gasteiger partial charge in [0.05, 0.1) is 7.05 Å². The van der Waals surface area contributed by atoms with Crippen molar-refractivity contribution in [2.75, 3.05) is 6.54 Å². The molecule has 0 aliphatic carbocycles. The van der Waals surface area contributed by atoms with Gasteiger partial charge in [0, 0.05) is 13.1 Å². The Morgan fingerprint density at radius 2 is 2.11 bits per heavy atom. The monoisotopic (exact) mass is 251 g/mol. The summed E-state index contributed by atoms with van der Waals surface area (Å²) < 4.78 is 12.7. The van der Waals surface area contributed by atoms with E-state index < -0.39 is 6.10 Å². The molecule has 0 radical (unpaired) electrons. The first kappa shape index (κ1) is 12.6. The van der Waals surface area contributed by atoms with Crippen molar-refractivity contribution < 1.29 is 9.50 Å². The van der Waals surface area contributed by atoms with E-state index in [2.05, 4.69) is 20.7 Å². The predicted octanol–water partition coefficient (Wildman–Crippen LogP) is 0.172. The SMILES string of the molecule is Cn1nnc(C(O)CNCc2ccc(F)cc2)n1. The summed E-state index contributed by atoms with van der Waals surface area (Å²) in [5.41, 5.74) is 0.940. The van der Waals surface area contributed by atoms with E-state index in [1.807, 2.05) is 0 Å². The zero-order chi connectivity index (χ0) is 13.0. The average Bonchev–Trinajstić information content (AvgIpc) is 2.78. The van der Waals surface area contributed by atoms with Crippen molar-refractivity contribution in [3.05, 3.63) is 41.5 Å². The van der Waals surface area contributed by atoms with Crippen molar-refractivity contribution in [3.63, 3.8) is 0 Å². The van der Waals surface area contributed by atoms with Crippen LogP contribution in [-0.2, 0) is 13.6 Å². The molecule has 0 spiro atoms. The minimum Gasteiger partial charge on any atom is -0.384 e. The van der Waals surface area contributed by atoms with E-state index in [0.717, 1.165) is 5.56 Å². The molecule has 1 unspecified atom stereocenters. The third-order valence-electron chi connectivity index (χ3n) is 2.40. The normalized spacial score (nSPS) is 12.6. The van der Waals surface area contributed by atoms with Gasteiger partial charge in [0.1, 0.15) is 11.9 Å². The fraction of sp³-hybridized carbons (Fsp3) is 0.364. The third-order valence-corrected chi connectivity index (χ3v) is 2.40. The van der Waals surface area contributed by atoms with Gasteiger partial charge in [0.15, 0.2) is 0 Å². The first-order chi connectivity index (χ1) is 8.65. The maximum atomic E-state index is 12.7. The maximum absolute atomic E-state index is 12.7. The standard InChI is InChI=1S/C11H14FN5O/c1-17-15-11(14-16-17)10(18)7-13-6-8-2-4-9(12)5-3-8/h2-5,10,13,18H,6-7H2,1H3. The Kier molecular flexibility index (Phi) is 3.96. The van der Waals surface area contributed by atoms with Gasteiger partial charge < -0.3 is 10.4 Å². The number of hydrogen-bond donors (Lipinski definition) is 2. The van der Waals surface area contributed by atoms with Crippen molar-refractivity contribution in [1.29, 1.82) is 0 Å². The van der Waals surface area contributed by atoms with Crippen molar-refractivity contribution >= 4 is 0 Å². The highest BCUT2D eigenvalue weighted by Gasteiger charge is 2.12. The highest BCUT2D eigenvalue weighted by molar-refractivity contribution is 5.15. The van der Waals surface area contributed by atoms with Crippen LogP contribution < -0.4 is 5.32 Å². The molecular formula is C11H14FN5O. The minimum absolute atomic E-state index is 0.262. The molecule has 2 rings (SSSR count). The number of aliphatic hydroxyl groups excluding tert-OH is 1. The summed E-state index contributed by atoms with van der Waals surface area (Å²) in [6, 6.07) is 6.18. The van der Waals surface area contributed by atoms with E-state index in [1.165, 1.54) is 16.9 Å². The Labute approximate surface area is 103 Å².